The van der Waals surface area contributed by atoms with Crippen molar-refractivity contribution in [2.75, 3.05) is 11.4 Å². The minimum atomic E-state index is 0. The van der Waals surface area contributed by atoms with Crippen molar-refractivity contribution in [1.29, 1.82) is 0 Å². The molecule has 92 valence electrons. The molecule has 0 bridgehead atoms. The van der Waals surface area contributed by atoms with Crippen molar-refractivity contribution >= 4 is 24.2 Å². The number of benzene rings is 2. The van der Waals surface area contributed by atoms with E-state index in [0.717, 1.165) is 13.1 Å². The van der Waals surface area contributed by atoms with Crippen molar-refractivity contribution in [2.45, 2.75) is 6.54 Å². The Bertz CT molecular complexity index is 534. The molecule has 1 aliphatic heterocycles. The molecule has 0 saturated heterocycles. The lowest BCUT2D eigenvalue weighted by atomic mass is 10.1. The molecule has 2 aromatic carbocycles. The summed E-state index contributed by atoms with van der Waals surface area (Å²) in [5.41, 5.74) is 4.01. The highest BCUT2D eigenvalue weighted by Crippen LogP contribution is 2.26. The van der Waals surface area contributed by atoms with Gasteiger partial charge in [-0.05, 0) is 17.2 Å². The molecule has 2 heteroatoms. The van der Waals surface area contributed by atoms with Crippen LogP contribution in [0.5, 0.6) is 0 Å². The van der Waals surface area contributed by atoms with Crippen LogP contribution in [0.1, 0.15) is 11.1 Å². The van der Waals surface area contributed by atoms with Crippen LogP contribution in [-0.2, 0) is 6.54 Å². The van der Waals surface area contributed by atoms with Crippen molar-refractivity contribution in [3.8, 4) is 0 Å². The third-order valence-corrected chi connectivity index (χ3v) is 3.12. The monoisotopic (exact) mass is 257 g/mol. The van der Waals surface area contributed by atoms with E-state index in [0.29, 0.717) is 0 Å². The first-order valence-corrected chi connectivity index (χ1v) is 5.98. The Hall–Kier alpha value is -1.73. The maximum atomic E-state index is 2.41. The highest BCUT2D eigenvalue weighted by atomic mass is 35.5. The van der Waals surface area contributed by atoms with Gasteiger partial charge in [0.15, 0.2) is 0 Å². The SMILES string of the molecule is C1=Cc2ccccc2N(Cc2ccccc2)C1.Cl. The zero-order valence-corrected chi connectivity index (χ0v) is 10.9. The average molecular weight is 258 g/mol. The fourth-order valence-electron chi connectivity index (χ4n) is 2.28. The van der Waals surface area contributed by atoms with E-state index in [1.165, 1.54) is 16.8 Å². The van der Waals surface area contributed by atoms with Crippen molar-refractivity contribution < 1.29 is 0 Å². The Morgan fingerprint density at radius 3 is 2.44 bits per heavy atom. The minimum Gasteiger partial charge on any atom is -0.363 e. The molecule has 2 aromatic rings. The van der Waals surface area contributed by atoms with Crippen LogP contribution in [0.25, 0.3) is 6.08 Å². The van der Waals surface area contributed by atoms with Crippen LogP contribution in [0.2, 0.25) is 0 Å². The average Bonchev–Trinajstić information content (AvgIpc) is 2.40. The molecule has 1 heterocycles. The third-order valence-electron chi connectivity index (χ3n) is 3.12. The van der Waals surface area contributed by atoms with Gasteiger partial charge in [0, 0.05) is 18.8 Å². The number of fused-ring (bicyclic) bond motifs is 1. The first-order valence-electron chi connectivity index (χ1n) is 5.98. The summed E-state index contributed by atoms with van der Waals surface area (Å²) < 4.78 is 0. The van der Waals surface area contributed by atoms with Gasteiger partial charge in [-0.1, -0.05) is 60.7 Å². The molecule has 0 aliphatic carbocycles. The lowest BCUT2D eigenvalue weighted by molar-refractivity contribution is 0.861. The second-order valence-corrected chi connectivity index (χ2v) is 4.33. The highest BCUT2D eigenvalue weighted by Gasteiger charge is 2.11. The van der Waals surface area contributed by atoms with E-state index in [9.17, 15) is 0 Å². The molecule has 0 atom stereocenters. The number of nitrogens with zero attached hydrogens (tertiary/aromatic N) is 1. The number of para-hydroxylation sites is 1. The summed E-state index contributed by atoms with van der Waals surface area (Å²) in [5, 5.41) is 0. The normalized spacial score (nSPS) is 12.8. The fourth-order valence-corrected chi connectivity index (χ4v) is 2.28. The lowest BCUT2D eigenvalue weighted by Crippen LogP contribution is -2.25. The van der Waals surface area contributed by atoms with E-state index in [2.05, 4.69) is 71.6 Å². The largest absolute Gasteiger partial charge is 0.363 e. The Morgan fingerprint density at radius 2 is 1.61 bits per heavy atom. The maximum Gasteiger partial charge on any atom is 0.0445 e. The van der Waals surface area contributed by atoms with Gasteiger partial charge < -0.3 is 4.90 Å². The lowest BCUT2D eigenvalue weighted by Gasteiger charge is -2.28. The van der Waals surface area contributed by atoms with Gasteiger partial charge in [0.05, 0.1) is 0 Å². The van der Waals surface area contributed by atoms with Gasteiger partial charge in [0.25, 0.3) is 0 Å². The van der Waals surface area contributed by atoms with Gasteiger partial charge in [0.1, 0.15) is 0 Å². The van der Waals surface area contributed by atoms with Crippen LogP contribution in [0.15, 0.2) is 60.7 Å². The number of rotatable bonds is 2. The first kappa shape index (κ1) is 12.7. The fraction of sp³-hybridized carbons (Fsp3) is 0.125. The Kier molecular flexibility index (Phi) is 4.06. The summed E-state index contributed by atoms with van der Waals surface area (Å²) in [6.07, 6.45) is 4.43. The summed E-state index contributed by atoms with van der Waals surface area (Å²) in [6.45, 7) is 1.97. The van der Waals surface area contributed by atoms with Gasteiger partial charge in [-0.15, -0.1) is 12.4 Å². The van der Waals surface area contributed by atoms with Crippen molar-refractivity contribution in [1.82, 2.24) is 0 Å². The number of anilines is 1. The second kappa shape index (κ2) is 5.74. The summed E-state index contributed by atoms with van der Waals surface area (Å²) in [5.74, 6) is 0. The summed E-state index contributed by atoms with van der Waals surface area (Å²) in [6, 6.07) is 19.2. The zero-order valence-electron chi connectivity index (χ0n) is 10.1. The van der Waals surface area contributed by atoms with E-state index < -0.39 is 0 Å². The molecule has 0 aromatic heterocycles. The predicted octanol–water partition coefficient (Wildman–Crippen LogP) is 4.14. The van der Waals surface area contributed by atoms with E-state index in [1.807, 2.05) is 0 Å². The number of hydrogen-bond acceptors (Lipinski definition) is 1. The predicted molar refractivity (Wildman–Crippen MR) is 80.2 cm³/mol. The van der Waals surface area contributed by atoms with E-state index >= 15 is 0 Å². The summed E-state index contributed by atoms with van der Waals surface area (Å²) in [4.78, 5) is 2.41. The van der Waals surface area contributed by atoms with Crippen LogP contribution < -0.4 is 4.90 Å². The van der Waals surface area contributed by atoms with Gasteiger partial charge in [-0.3, -0.25) is 0 Å². The molecule has 1 nitrogen and oxygen atoms in total. The number of halogens is 1. The molecule has 0 unspecified atom stereocenters. The molecule has 3 rings (SSSR count). The van der Waals surface area contributed by atoms with E-state index in [4.69, 9.17) is 0 Å². The van der Waals surface area contributed by atoms with Crippen LogP contribution in [0, 0.1) is 0 Å². The van der Waals surface area contributed by atoms with Gasteiger partial charge >= 0.3 is 0 Å². The van der Waals surface area contributed by atoms with Gasteiger partial charge in [-0.25, -0.2) is 0 Å². The Labute approximate surface area is 114 Å². The highest BCUT2D eigenvalue weighted by molar-refractivity contribution is 5.85. The molecule has 18 heavy (non-hydrogen) atoms. The third kappa shape index (κ3) is 2.57. The molecule has 0 N–H and O–H groups in total. The topological polar surface area (TPSA) is 3.24 Å². The van der Waals surface area contributed by atoms with Crippen molar-refractivity contribution in [3.05, 3.63) is 71.8 Å². The Morgan fingerprint density at radius 1 is 0.889 bits per heavy atom. The number of hydrogen-bond donors (Lipinski definition) is 0. The van der Waals surface area contributed by atoms with Crippen LogP contribution >= 0.6 is 12.4 Å². The first-order chi connectivity index (χ1) is 8.43. The minimum absolute atomic E-state index is 0. The van der Waals surface area contributed by atoms with Crippen molar-refractivity contribution in [3.63, 3.8) is 0 Å². The summed E-state index contributed by atoms with van der Waals surface area (Å²) in [7, 11) is 0. The molecule has 1 aliphatic rings. The van der Waals surface area contributed by atoms with Crippen LogP contribution in [0.3, 0.4) is 0 Å². The van der Waals surface area contributed by atoms with Crippen molar-refractivity contribution in [2.24, 2.45) is 0 Å². The molecular weight excluding hydrogens is 242 g/mol. The Balaban J connectivity index is 0.00000120. The van der Waals surface area contributed by atoms with Crippen LogP contribution in [-0.4, -0.2) is 6.54 Å². The van der Waals surface area contributed by atoms with Gasteiger partial charge in [-0.2, -0.15) is 0 Å². The molecule has 0 fully saturated rings. The molecule has 0 radical (unpaired) electrons. The second-order valence-electron chi connectivity index (χ2n) is 4.33. The smallest absolute Gasteiger partial charge is 0.0445 e. The quantitative estimate of drug-likeness (QED) is 0.782. The summed E-state index contributed by atoms with van der Waals surface area (Å²) >= 11 is 0. The molecule has 0 spiro atoms. The van der Waals surface area contributed by atoms with E-state index in [1.54, 1.807) is 0 Å². The standard InChI is InChI=1S/C16H15N.ClH/c1-2-7-14(8-3-1)13-17-12-6-10-15-9-4-5-11-16(15)17;/h1-11H,12-13H2;1H. The molecular formula is C16H16ClN. The van der Waals surface area contributed by atoms with E-state index in [-0.39, 0.29) is 12.4 Å². The zero-order chi connectivity index (χ0) is 11.5. The van der Waals surface area contributed by atoms with Gasteiger partial charge in [0.2, 0.25) is 0 Å². The van der Waals surface area contributed by atoms with Crippen LogP contribution in [0.4, 0.5) is 5.69 Å². The molecule has 0 saturated carbocycles. The molecule has 0 amide bonds. The maximum absolute atomic E-state index is 2.41.